The van der Waals surface area contributed by atoms with Crippen molar-refractivity contribution in [3.63, 3.8) is 0 Å². The fraction of sp³-hybridized carbons (Fsp3) is 0. The first-order chi connectivity index (χ1) is 9.11. The smallest absolute Gasteiger partial charge is 0.216 e. The molecule has 19 heavy (non-hydrogen) atoms. The second-order valence-corrected chi connectivity index (χ2v) is 5.35. The molecule has 0 unspecified atom stereocenters. The largest absolute Gasteiger partial charge is 0.358 e. The number of aromatic amines is 1. The maximum Gasteiger partial charge on any atom is 0.216 e. The quantitative estimate of drug-likeness (QED) is 0.603. The van der Waals surface area contributed by atoms with Gasteiger partial charge in [0, 0.05) is 9.77 Å². The van der Waals surface area contributed by atoms with Gasteiger partial charge in [-0.3, -0.25) is 0 Å². The van der Waals surface area contributed by atoms with Crippen LogP contribution in [0.3, 0.4) is 0 Å². The molecular weight excluding hydrogens is 402 g/mol. The number of anilines is 1. The van der Waals surface area contributed by atoms with E-state index >= 15 is 0 Å². The molecule has 0 aliphatic carbocycles. The molecular formula is C10H5Cl2IN6. The van der Waals surface area contributed by atoms with Gasteiger partial charge in [-0.15, -0.1) is 10.2 Å². The topological polar surface area (TPSA) is 90.3 Å². The molecule has 2 aromatic rings. The number of rotatable bonds is 3. The van der Waals surface area contributed by atoms with Crippen molar-refractivity contribution in [2.24, 2.45) is 0 Å². The molecule has 6 nitrogen and oxygen atoms in total. The maximum absolute atomic E-state index is 9.01. The van der Waals surface area contributed by atoms with Gasteiger partial charge in [-0.05, 0) is 39.9 Å². The number of halogens is 3. The molecule has 0 bridgehead atoms. The Kier molecular flexibility index (Phi) is 4.57. The van der Waals surface area contributed by atoms with E-state index in [2.05, 4.69) is 48.5 Å². The van der Waals surface area contributed by atoms with Crippen molar-refractivity contribution >= 4 is 57.1 Å². The van der Waals surface area contributed by atoms with Crippen LogP contribution in [0.25, 0.3) is 5.57 Å². The van der Waals surface area contributed by atoms with Crippen molar-refractivity contribution in [1.29, 1.82) is 5.26 Å². The normalized spacial score (nSPS) is 11.2. The van der Waals surface area contributed by atoms with E-state index in [-0.39, 0.29) is 11.4 Å². The molecule has 0 spiro atoms. The van der Waals surface area contributed by atoms with Crippen LogP contribution in [-0.2, 0) is 0 Å². The van der Waals surface area contributed by atoms with Crippen molar-refractivity contribution in [3.8, 4) is 6.07 Å². The Morgan fingerprint density at radius 3 is 2.63 bits per heavy atom. The zero-order valence-corrected chi connectivity index (χ0v) is 12.8. The monoisotopic (exact) mass is 406 g/mol. The molecule has 2 N–H and O–H groups in total. The minimum absolute atomic E-state index is 0.188. The average molecular weight is 407 g/mol. The van der Waals surface area contributed by atoms with Crippen molar-refractivity contribution < 1.29 is 0 Å². The summed E-state index contributed by atoms with van der Waals surface area (Å²) in [5, 5.41) is 25.9. The highest BCUT2D eigenvalue weighted by Gasteiger charge is 2.09. The summed E-state index contributed by atoms with van der Waals surface area (Å²) in [7, 11) is 0. The van der Waals surface area contributed by atoms with Crippen LogP contribution in [0.1, 0.15) is 5.82 Å². The number of benzene rings is 1. The third kappa shape index (κ3) is 3.34. The van der Waals surface area contributed by atoms with Crippen LogP contribution < -0.4 is 5.32 Å². The Morgan fingerprint density at radius 1 is 1.42 bits per heavy atom. The van der Waals surface area contributed by atoms with Gasteiger partial charge in [0.25, 0.3) is 0 Å². The van der Waals surface area contributed by atoms with Crippen LogP contribution in [0.4, 0.5) is 5.69 Å². The first-order valence-corrected chi connectivity index (χ1v) is 6.70. The van der Waals surface area contributed by atoms with E-state index in [0.717, 1.165) is 3.57 Å². The van der Waals surface area contributed by atoms with E-state index < -0.39 is 0 Å². The third-order valence-corrected chi connectivity index (χ3v) is 3.29. The number of hydrogen-bond donors (Lipinski definition) is 2. The van der Waals surface area contributed by atoms with Crippen molar-refractivity contribution in [3.05, 3.63) is 37.8 Å². The van der Waals surface area contributed by atoms with Crippen LogP contribution in [0.5, 0.6) is 0 Å². The number of tetrazole rings is 1. The summed E-state index contributed by atoms with van der Waals surface area (Å²) in [5.41, 5.74) is 0.722. The lowest BCUT2D eigenvalue weighted by molar-refractivity contribution is 0.881. The number of nitrogens with one attached hydrogen (secondary N) is 2. The van der Waals surface area contributed by atoms with Crippen LogP contribution in [0, 0.1) is 14.9 Å². The Labute approximate surface area is 131 Å². The number of nitriles is 1. The summed E-state index contributed by atoms with van der Waals surface area (Å²) in [6, 6.07) is 5.46. The molecule has 0 saturated heterocycles. The van der Waals surface area contributed by atoms with E-state index in [1.807, 2.05) is 6.07 Å². The van der Waals surface area contributed by atoms with Gasteiger partial charge in [0.05, 0.1) is 15.7 Å². The number of nitrogens with zero attached hydrogens (tertiary/aromatic N) is 4. The molecule has 0 atom stereocenters. The summed E-state index contributed by atoms with van der Waals surface area (Å²) < 4.78 is 0.917. The lowest BCUT2D eigenvalue weighted by Crippen LogP contribution is -1.95. The van der Waals surface area contributed by atoms with E-state index in [1.165, 1.54) is 6.20 Å². The second-order valence-electron chi connectivity index (χ2n) is 3.29. The predicted molar refractivity (Wildman–Crippen MR) is 80.6 cm³/mol. The highest BCUT2D eigenvalue weighted by Crippen LogP contribution is 2.32. The van der Waals surface area contributed by atoms with Gasteiger partial charge >= 0.3 is 0 Å². The average Bonchev–Trinajstić information content (AvgIpc) is 2.86. The Morgan fingerprint density at radius 2 is 2.11 bits per heavy atom. The summed E-state index contributed by atoms with van der Waals surface area (Å²) in [5.74, 6) is 0.188. The number of H-pyrrole nitrogens is 1. The minimum atomic E-state index is 0.188. The molecule has 0 aliphatic heterocycles. The Hall–Kier alpha value is -1.37. The van der Waals surface area contributed by atoms with Gasteiger partial charge in [-0.25, -0.2) is 0 Å². The molecule has 1 aromatic heterocycles. The predicted octanol–water partition coefficient (Wildman–Crippen LogP) is 3.09. The second kappa shape index (κ2) is 6.18. The van der Waals surface area contributed by atoms with Gasteiger partial charge in [-0.2, -0.15) is 10.5 Å². The summed E-state index contributed by atoms with van der Waals surface area (Å²) in [4.78, 5) is 0. The number of allylic oxidation sites excluding steroid dienone is 1. The zero-order chi connectivity index (χ0) is 13.8. The van der Waals surface area contributed by atoms with Crippen LogP contribution >= 0.6 is 45.8 Å². The Bertz CT molecular complexity index is 638. The van der Waals surface area contributed by atoms with Crippen molar-refractivity contribution in [2.45, 2.75) is 0 Å². The Balaban J connectivity index is 2.30. The van der Waals surface area contributed by atoms with Crippen LogP contribution in [0.2, 0.25) is 10.0 Å². The van der Waals surface area contributed by atoms with E-state index in [4.69, 9.17) is 28.5 Å². The molecule has 2 rings (SSSR count). The molecule has 0 fully saturated rings. The van der Waals surface area contributed by atoms with Crippen molar-refractivity contribution in [1.82, 2.24) is 20.6 Å². The fourth-order valence-corrected chi connectivity index (χ4v) is 2.83. The molecule has 9 heteroatoms. The van der Waals surface area contributed by atoms with Crippen LogP contribution in [0.15, 0.2) is 18.3 Å². The SMILES string of the molecule is N#CC(=CNc1c(Cl)cc(I)cc1Cl)c1nn[nH]n1. The zero-order valence-electron chi connectivity index (χ0n) is 9.15. The standard InChI is InChI=1S/C10H5Cl2IN6/c11-7-1-6(13)2-8(12)9(7)15-4-5(3-14)10-16-18-19-17-10/h1-2,4,15H,(H,16,17,18,19). The summed E-state index contributed by atoms with van der Waals surface area (Å²) >= 11 is 14.3. The minimum Gasteiger partial charge on any atom is -0.358 e. The highest BCUT2D eigenvalue weighted by molar-refractivity contribution is 14.1. The summed E-state index contributed by atoms with van der Waals surface area (Å²) in [6.45, 7) is 0. The first kappa shape index (κ1) is 14.0. The van der Waals surface area contributed by atoms with Gasteiger partial charge in [0.2, 0.25) is 5.82 Å². The van der Waals surface area contributed by atoms with Crippen LogP contribution in [-0.4, -0.2) is 20.6 Å². The van der Waals surface area contributed by atoms with Gasteiger partial charge < -0.3 is 5.32 Å². The third-order valence-electron chi connectivity index (χ3n) is 2.07. The van der Waals surface area contributed by atoms with E-state index in [0.29, 0.717) is 15.7 Å². The molecule has 96 valence electrons. The highest BCUT2D eigenvalue weighted by atomic mass is 127. The lowest BCUT2D eigenvalue weighted by Gasteiger charge is -2.07. The fourth-order valence-electron chi connectivity index (χ4n) is 1.25. The maximum atomic E-state index is 9.01. The van der Waals surface area contributed by atoms with Gasteiger partial charge in [0.15, 0.2) is 0 Å². The molecule has 0 saturated carbocycles. The summed E-state index contributed by atoms with van der Waals surface area (Å²) in [6.07, 6.45) is 1.42. The number of aromatic nitrogens is 4. The molecule has 0 aliphatic rings. The van der Waals surface area contributed by atoms with Crippen molar-refractivity contribution in [2.75, 3.05) is 5.32 Å². The van der Waals surface area contributed by atoms with E-state index in [1.54, 1.807) is 12.1 Å². The van der Waals surface area contributed by atoms with Gasteiger partial charge in [-0.1, -0.05) is 23.2 Å². The van der Waals surface area contributed by atoms with Gasteiger partial charge in [0.1, 0.15) is 11.6 Å². The molecule has 1 aromatic carbocycles. The molecule has 0 amide bonds. The lowest BCUT2D eigenvalue weighted by atomic mass is 10.3. The molecule has 0 radical (unpaired) electrons. The first-order valence-electron chi connectivity index (χ1n) is 4.87. The van der Waals surface area contributed by atoms with E-state index in [9.17, 15) is 0 Å². The number of hydrogen-bond acceptors (Lipinski definition) is 5. The molecule has 1 heterocycles.